The Balaban J connectivity index is 2.89. The van der Waals surface area contributed by atoms with E-state index in [-0.39, 0.29) is 6.54 Å². The second-order valence-electron chi connectivity index (χ2n) is 4.62. The zero-order valence-electron chi connectivity index (χ0n) is 11.9. The van der Waals surface area contributed by atoms with Gasteiger partial charge in [0.15, 0.2) is 0 Å². The van der Waals surface area contributed by atoms with Gasteiger partial charge >= 0.3 is 6.18 Å². The van der Waals surface area contributed by atoms with Gasteiger partial charge in [0.2, 0.25) is 10.0 Å². The summed E-state index contributed by atoms with van der Waals surface area (Å²) in [5.41, 5.74) is -0.648. The second-order valence-corrected chi connectivity index (χ2v) is 6.51. The molecule has 1 aromatic heterocycles. The van der Waals surface area contributed by atoms with E-state index >= 15 is 0 Å². The van der Waals surface area contributed by atoms with Crippen molar-refractivity contribution in [2.24, 2.45) is 0 Å². The molecule has 10 heteroatoms. The predicted molar refractivity (Wildman–Crippen MR) is 74.4 cm³/mol. The molecule has 0 saturated heterocycles. The molecule has 126 valence electrons. The number of imidazole rings is 1. The molecule has 2 aromatic rings. The Hall–Kier alpha value is -1.94. The number of sulfonamides is 1. The van der Waals surface area contributed by atoms with Crippen molar-refractivity contribution >= 4 is 10.0 Å². The molecule has 0 spiro atoms. The van der Waals surface area contributed by atoms with Crippen molar-refractivity contribution < 1.29 is 26.0 Å². The van der Waals surface area contributed by atoms with Crippen LogP contribution in [0.2, 0.25) is 0 Å². The fraction of sp³-hybridized carbons (Fsp3) is 0.308. The van der Waals surface area contributed by atoms with Crippen LogP contribution in [0.25, 0.3) is 0 Å². The van der Waals surface area contributed by atoms with E-state index in [4.69, 9.17) is 0 Å². The van der Waals surface area contributed by atoms with Crippen molar-refractivity contribution in [3.63, 3.8) is 0 Å². The van der Waals surface area contributed by atoms with E-state index in [2.05, 4.69) is 4.98 Å². The second kappa shape index (κ2) is 5.93. The zero-order valence-corrected chi connectivity index (χ0v) is 12.7. The SMILES string of the molecule is CCNS(=O)(=O)[C@@](c1ccc(F)cc1)(n1ccnc1)C(F)(F)F. The Morgan fingerprint density at radius 1 is 1.22 bits per heavy atom. The predicted octanol–water partition coefficient (Wildman–Crippen LogP) is 2.22. The van der Waals surface area contributed by atoms with Crippen LogP contribution in [-0.4, -0.2) is 30.7 Å². The van der Waals surface area contributed by atoms with Gasteiger partial charge in [0.25, 0.3) is 4.87 Å². The van der Waals surface area contributed by atoms with Gasteiger partial charge in [-0.15, -0.1) is 0 Å². The molecular weight excluding hydrogens is 338 g/mol. The molecule has 0 unspecified atom stereocenters. The third kappa shape index (κ3) is 2.72. The number of hydrogen-bond donors (Lipinski definition) is 1. The number of alkyl halides is 3. The Kier molecular flexibility index (Phi) is 4.49. The van der Waals surface area contributed by atoms with Crippen LogP contribution >= 0.6 is 0 Å². The molecule has 0 saturated carbocycles. The van der Waals surface area contributed by atoms with Crippen molar-refractivity contribution in [1.29, 1.82) is 0 Å². The molecule has 0 fully saturated rings. The van der Waals surface area contributed by atoms with Gasteiger partial charge in [0, 0.05) is 24.5 Å². The summed E-state index contributed by atoms with van der Waals surface area (Å²) in [7, 11) is -4.96. The highest BCUT2D eigenvalue weighted by Gasteiger charge is 2.66. The van der Waals surface area contributed by atoms with Crippen LogP contribution in [0.1, 0.15) is 12.5 Å². The quantitative estimate of drug-likeness (QED) is 0.840. The molecule has 1 N–H and O–H groups in total. The van der Waals surface area contributed by atoms with Crippen LogP contribution in [-0.2, 0) is 14.9 Å². The lowest BCUT2D eigenvalue weighted by Gasteiger charge is -2.36. The van der Waals surface area contributed by atoms with Gasteiger partial charge < -0.3 is 4.57 Å². The molecule has 0 bridgehead atoms. The standard InChI is InChI=1S/C13H13F4N3O2S/c1-2-19-23(21,22)12(13(15,16)17,20-8-7-18-9-20)10-3-5-11(14)6-4-10/h3-9,19H,2H2,1H3/t12-/m1/s1. The normalized spacial score (nSPS) is 15.3. The molecular formula is C13H13F4N3O2S. The van der Waals surface area contributed by atoms with E-state index in [0.29, 0.717) is 4.57 Å². The number of nitrogens with one attached hydrogen (secondary N) is 1. The first-order valence-corrected chi connectivity index (χ1v) is 7.95. The summed E-state index contributed by atoms with van der Waals surface area (Å²) in [4.78, 5) is 0.0569. The lowest BCUT2D eigenvalue weighted by Crippen LogP contribution is -2.58. The molecule has 0 amide bonds. The summed E-state index contributed by atoms with van der Waals surface area (Å²) >= 11 is 0. The van der Waals surface area contributed by atoms with Gasteiger partial charge in [0.05, 0.1) is 6.33 Å². The molecule has 0 radical (unpaired) electrons. The van der Waals surface area contributed by atoms with E-state index in [0.717, 1.165) is 43.0 Å². The van der Waals surface area contributed by atoms with Crippen LogP contribution in [0.4, 0.5) is 17.6 Å². The lowest BCUT2D eigenvalue weighted by molar-refractivity contribution is -0.172. The Labute approximate surface area is 130 Å². The zero-order chi connectivity index (χ0) is 17.3. The first-order valence-electron chi connectivity index (χ1n) is 6.47. The van der Waals surface area contributed by atoms with Crippen molar-refractivity contribution in [3.05, 3.63) is 54.4 Å². The largest absolute Gasteiger partial charge is 0.432 e. The van der Waals surface area contributed by atoms with Crippen molar-refractivity contribution in [2.75, 3.05) is 6.54 Å². The van der Waals surface area contributed by atoms with Crippen LogP contribution in [0.3, 0.4) is 0 Å². The summed E-state index contributed by atoms with van der Waals surface area (Å²) in [6.07, 6.45) is -2.55. The van der Waals surface area contributed by atoms with E-state index in [9.17, 15) is 26.0 Å². The van der Waals surface area contributed by atoms with E-state index < -0.39 is 32.5 Å². The minimum absolute atomic E-state index is 0.240. The maximum Gasteiger partial charge on any atom is 0.432 e. The van der Waals surface area contributed by atoms with E-state index in [1.54, 1.807) is 0 Å². The third-order valence-electron chi connectivity index (χ3n) is 3.21. The van der Waals surface area contributed by atoms with Crippen LogP contribution in [0.15, 0.2) is 43.0 Å². The molecule has 1 atom stereocenters. The number of hydrogen-bond acceptors (Lipinski definition) is 3. The lowest BCUT2D eigenvalue weighted by atomic mass is 10.1. The number of aromatic nitrogens is 2. The number of benzene rings is 1. The fourth-order valence-electron chi connectivity index (χ4n) is 2.32. The molecule has 1 heterocycles. The maximum absolute atomic E-state index is 14.0. The molecule has 5 nitrogen and oxygen atoms in total. The molecule has 23 heavy (non-hydrogen) atoms. The Morgan fingerprint density at radius 3 is 2.26 bits per heavy atom. The Morgan fingerprint density at radius 2 is 1.83 bits per heavy atom. The van der Waals surface area contributed by atoms with Gasteiger partial charge in [-0.25, -0.2) is 22.5 Å². The summed E-state index contributed by atoms with van der Waals surface area (Å²) in [5, 5.41) is 0. The van der Waals surface area contributed by atoms with Crippen molar-refractivity contribution in [3.8, 4) is 0 Å². The van der Waals surface area contributed by atoms with Gasteiger partial charge in [0.1, 0.15) is 5.82 Å². The average molecular weight is 351 g/mol. The van der Waals surface area contributed by atoms with E-state index in [1.165, 1.54) is 6.92 Å². The minimum Gasteiger partial charge on any atom is -0.305 e. The maximum atomic E-state index is 14.0. The fourth-order valence-corrected chi connectivity index (χ4v) is 4.05. The van der Waals surface area contributed by atoms with Crippen LogP contribution in [0, 0.1) is 5.82 Å². The third-order valence-corrected chi connectivity index (χ3v) is 5.34. The summed E-state index contributed by atoms with van der Waals surface area (Å²) in [6, 6.07) is 3.12. The first-order chi connectivity index (χ1) is 10.7. The summed E-state index contributed by atoms with van der Waals surface area (Å²) in [6.45, 7) is 1.12. The molecule has 1 aromatic carbocycles. The van der Waals surface area contributed by atoms with Gasteiger partial charge in [-0.3, -0.25) is 0 Å². The van der Waals surface area contributed by atoms with Crippen molar-refractivity contribution in [1.82, 2.24) is 14.3 Å². The Bertz CT molecular complexity index is 758. The van der Waals surface area contributed by atoms with Crippen LogP contribution in [0.5, 0.6) is 0 Å². The first kappa shape index (κ1) is 17.4. The van der Waals surface area contributed by atoms with Crippen LogP contribution < -0.4 is 4.72 Å². The number of halogens is 4. The monoisotopic (exact) mass is 351 g/mol. The highest BCUT2D eigenvalue weighted by atomic mass is 32.2. The average Bonchev–Trinajstić information content (AvgIpc) is 2.93. The smallest absolute Gasteiger partial charge is 0.305 e. The number of rotatable bonds is 5. The van der Waals surface area contributed by atoms with Gasteiger partial charge in [-0.2, -0.15) is 13.2 Å². The van der Waals surface area contributed by atoms with Crippen molar-refractivity contribution in [2.45, 2.75) is 18.0 Å². The van der Waals surface area contributed by atoms with Gasteiger partial charge in [-0.05, 0) is 12.1 Å². The number of nitrogens with zero attached hydrogens (tertiary/aromatic N) is 2. The highest BCUT2D eigenvalue weighted by molar-refractivity contribution is 7.90. The highest BCUT2D eigenvalue weighted by Crippen LogP contribution is 2.46. The topological polar surface area (TPSA) is 64.0 Å². The minimum atomic E-state index is -5.23. The van der Waals surface area contributed by atoms with Gasteiger partial charge in [-0.1, -0.05) is 19.1 Å². The summed E-state index contributed by atoms with van der Waals surface area (Å²) in [5.74, 6) is -0.781. The molecule has 0 aliphatic heterocycles. The molecule has 0 aliphatic rings. The molecule has 2 rings (SSSR count). The van der Waals surface area contributed by atoms with E-state index in [1.807, 2.05) is 4.72 Å². The summed E-state index contributed by atoms with van der Waals surface area (Å²) < 4.78 is 82.4. The molecule has 0 aliphatic carbocycles.